The first kappa shape index (κ1) is 16.2. The highest BCUT2D eigenvalue weighted by Crippen LogP contribution is 2.30. The summed E-state index contributed by atoms with van der Waals surface area (Å²) in [5.41, 5.74) is 0.633. The molecule has 2 aliphatic rings. The van der Waals surface area contributed by atoms with E-state index in [4.69, 9.17) is 0 Å². The lowest BCUT2D eigenvalue weighted by Gasteiger charge is -2.40. The number of carbonyl (C=O) groups excluding carboxylic acids is 1. The molecule has 0 aromatic heterocycles. The molecule has 1 aromatic carbocycles. The van der Waals surface area contributed by atoms with Gasteiger partial charge in [0.05, 0.1) is 10.5 Å². The summed E-state index contributed by atoms with van der Waals surface area (Å²) >= 11 is 2.19. The van der Waals surface area contributed by atoms with Gasteiger partial charge in [0.2, 0.25) is 0 Å². The standard InChI is InChI=1S/C16H20INO3S/c17-13-8-6-12(7-9-13)16(19)18-10-15(11-18)22(20,21)14-4-2-1-3-5-14/h6-9,14-15H,1-5,10-11H2. The summed E-state index contributed by atoms with van der Waals surface area (Å²) in [7, 11) is -3.08. The molecule has 0 atom stereocenters. The number of halogens is 1. The molecule has 3 rings (SSSR count). The number of hydrogen-bond acceptors (Lipinski definition) is 3. The third-order valence-electron chi connectivity index (χ3n) is 4.71. The Morgan fingerprint density at radius 2 is 1.59 bits per heavy atom. The number of sulfone groups is 1. The highest BCUT2D eigenvalue weighted by molar-refractivity contribution is 14.1. The Hall–Kier alpha value is -0.630. The highest BCUT2D eigenvalue weighted by Gasteiger charge is 2.43. The van der Waals surface area contributed by atoms with Gasteiger partial charge in [-0.25, -0.2) is 8.42 Å². The molecule has 0 bridgehead atoms. The second-order valence-corrected chi connectivity index (χ2v) is 9.95. The lowest BCUT2D eigenvalue weighted by molar-refractivity contribution is 0.0658. The van der Waals surface area contributed by atoms with Crippen molar-refractivity contribution in [3.63, 3.8) is 0 Å². The first-order valence-electron chi connectivity index (χ1n) is 7.76. The molecule has 2 fully saturated rings. The average Bonchev–Trinajstić information content (AvgIpc) is 2.47. The maximum Gasteiger partial charge on any atom is 0.253 e. The molecule has 0 N–H and O–H groups in total. The van der Waals surface area contributed by atoms with Crippen LogP contribution in [-0.2, 0) is 9.84 Å². The van der Waals surface area contributed by atoms with Gasteiger partial charge < -0.3 is 4.90 Å². The average molecular weight is 433 g/mol. The lowest BCUT2D eigenvalue weighted by Crippen LogP contribution is -2.58. The van der Waals surface area contributed by atoms with E-state index in [9.17, 15) is 13.2 Å². The molecule has 1 amide bonds. The van der Waals surface area contributed by atoms with Crippen molar-refractivity contribution in [1.82, 2.24) is 4.90 Å². The van der Waals surface area contributed by atoms with Crippen molar-refractivity contribution in [3.8, 4) is 0 Å². The highest BCUT2D eigenvalue weighted by atomic mass is 127. The number of carbonyl (C=O) groups is 1. The van der Waals surface area contributed by atoms with E-state index < -0.39 is 9.84 Å². The fourth-order valence-corrected chi connectivity index (χ4v) is 5.92. The van der Waals surface area contributed by atoms with Crippen molar-refractivity contribution in [2.24, 2.45) is 0 Å². The van der Waals surface area contributed by atoms with Gasteiger partial charge in [0.15, 0.2) is 9.84 Å². The number of nitrogens with zero attached hydrogens (tertiary/aromatic N) is 1. The SMILES string of the molecule is O=C(c1ccc(I)cc1)N1CC(S(=O)(=O)C2CCCCC2)C1. The zero-order chi connectivity index (χ0) is 15.7. The van der Waals surface area contributed by atoms with Crippen LogP contribution in [0.4, 0.5) is 0 Å². The van der Waals surface area contributed by atoms with E-state index in [2.05, 4.69) is 22.6 Å². The molecule has 1 aliphatic heterocycles. The largest absolute Gasteiger partial charge is 0.336 e. The van der Waals surface area contributed by atoms with Crippen LogP contribution < -0.4 is 0 Å². The van der Waals surface area contributed by atoms with Crippen LogP contribution in [0.25, 0.3) is 0 Å². The van der Waals surface area contributed by atoms with Crippen molar-refractivity contribution >= 4 is 38.3 Å². The van der Waals surface area contributed by atoms with Gasteiger partial charge in [0, 0.05) is 22.2 Å². The molecule has 1 aliphatic carbocycles. The molecule has 0 spiro atoms. The monoisotopic (exact) mass is 433 g/mol. The molecule has 1 aromatic rings. The Morgan fingerprint density at radius 3 is 2.18 bits per heavy atom. The maximum absolute atomic E-state index is 12.6. The summed E-state index contributed by atoms with van der Waals surface area (Å²) in [5.74, 6) is -0.0634. The van der Waals surface area contributed by atoms with E-state index in [1.54, 1.807) is 17.0 Å². The predicted molar refractivity (Wildman–Crippen MR) is 94.6 cm³/mol. The van der Waals surface area contributed by atoms with Crippen molar-refractivity contribution in [3.05, 3.63) is 33.4 Å². The Bertz CT molecular complexity index is 644. The number of rotatable bonds is 3. The van der Waals surface area contributed by atoms with Gasteiger partial charge in [-0.05, 0) is 59.7 Å². The quantitative estimate of drug-likeness (QED) is 0.689. The third-order valence-corrected chi connectivity index (χ3v) is 8.06. The van der Waals surface area contributed by atoms with E-state index in [0.29, 0.717) is 18.7 Å². The molecule has 1 saturated carbocycles. The van der Waals surface area contributed by atoms with Gasteiger partial charge in [-0.3, -0.25) is 4.79 Å². The molecular weight excluding hydrogens is 413 g/mol. The summed E-state index contributed by atoms with van der Waals surface area (Å²) < 4.78 is 26.2. The Labute approximate surface area is 145 Å². The van der Waals surface area contributed by atoms with Crippen LogP contribution in [0.1, 0.15) is 42.5 Å². The molecule has 120 valence electrons. The minimum atomic E-state index is -3.08. The van der Waals surface area contributed by atoms with Crippen LogP contribution in [0.5, 0.6) is 0 Å². The smallest absolute Gasteiger partial charge is 0.253 e. The van der Waals surface area contributed by atoms with Gasteiger partial charge in [0.1, 0.15) is 0 Å². The second-order valence-electron chi connectivity index (χ2n) is 6.19. The summed E-state index contributed by atoms with van der Waals surface area (Å²) in [5, 5.41) is -0.537. The second kappa shape index (κ2) is 6.47. The zero-order valence-corrected chi connectivity index (χ0v) is 15.3. The molecule has 1 saturated heterocycles. The van der Waals surface area contributed by atoms with Crippen molar-refractivity contribution in [1.29, 1.82) is 0 Å². The van der Waals surface area contributed by atoms with Gasteiger partial charge in [-0.15, -0.1) is 0 Å². The number of hydrogen-bond donors (Lipinski definition) is 0. The van der Waals surface area contributed by atoms with Crippen molar-refractivity contribution in [2.75, 3.05) is 13.1 Å². The van der Waals surface area contributed by atoms with Crippen LogP contribution in [0.2, 0.25) is 0 Å². The van der Waals surface area contributed by atoms with Gasteiger partial charge in [0.25, 0.3) is 5.91 Å². The third kappa shape index (κ3) is 3.18. The summed E-state index contributed by atoms with van der Waals surface area (Å²) in [6, 6.07) is 7.38. The molecule has 6 heteroatoms. The Kier molecular flexibility index (Phi) is 4.77. The van der Waals surface area contributed by atoms with E-state index in [0.717, 1.165) is 35.7 Å². The number of likely N-dealkylation sites (tertiary alicyclic amines) is 1. The number of amides is 1. The first-order chi connectivity index (χ1) is 10.5. The summed E-state index contributed by atoms with van der Waals surface area (Å²) in [6.45, 7) is 0.702. The molecule has 1 heterocycles. The van der Waals surface area contributed by atoms with Crippen LogP contribution >= 0.6 is 22.6 Å². The van der Waals surface area contributed by atoms with E-state index >= 15 is 0 Å². The van der Waals surface area contributed by atoms with Crippen LogP contribution in [0.3, 0.4) is 0 Å². The van der Waals surface area contributed by atoms with E-state index in [1.165, 1.54) is 0 Å². The van der Waals surface area contributed by atoms with Gasteiger partial charge >= 0.3 is 0 Å². The van der Waals surface area contributed by atoms with Crippen LogP contribution in [0.15, 0.2) is 24.3 Å². The fourth-order valence-electron chi connectivity index (χ4n) is 3.25. The molecular formula is C16H20INO3S. The van der Waals surface area contributed by atoms with Crippen LogP contribution in [-0.4, -0.2) is 42.8 Å². The normalized spacial score (nSPS) is 20.7. The Morgan fingerprint density at radius 1 is 1.00 bits per heavy atom. The summed E-state index contributed by atoms with van der Waals surface area (Å²) in [6.07, 6.45) is 4.77. The molecule has 0 radical (unpaired) electrons. The Balaban J connectivity index is 1.61. The maximum atomic E-state index is 12.6. The molecule has 22 heavy (non-hydrogen) atoms. The van der Waals surface area contributed by atoms with Crippen molar-refractivity contribution < 1.29 is 13.2 Å². The zero-order valence-electron chi connectivity index (χ0n) is 12.4. The number of benzene rings is 1. The van der Waals surface area contributed by atoms with Gasteiger partial charge in [-0.1, -0.05) is 19.3 Å². The predicted octanol–water partition coefficient (Wildman–Crippen LogP) is 2.86. The lowest BCUT2D eigenvalue weighted by atomic mass is 10.0. The van der Waals surface area contributed by atoms with Crippen LogP contribution in [0, 0.1) is 3.57 Å². The van der Waals surface area contributed by atoms with E-state index in [1.807, 2.05) is 12.1 Å². The summed E-state index contributed by atoms with van der Waals surface area (Å²) in [4.78, 5) is 14.0. The van der Waals surface area contributed by atoms with Crippen molar-refractivity contribution in [2.45, 2.75) is 42.6 Å². The molecule has 4 nitrogen and oxygen atoms in total. The topological polar surface area (TPSA) is 54.5 Å². The molecule has 0 unspecified atom stereocenters. The van der Waals surface area contributed by atoms with E-state index in [-0.39, 0.29) is 16.4 Å². The van der Waals surface area contributed by atoms with Gasteiger partial charge in [-0.2, -0.15) is 0 Å². The minimum absolute atomic E-state index is 0.0634. The first-order valence-corrected chi connectivity index (χ1v) is 10.4. The fraction of sp³-hybridized carbons (Fsp3) is 0.562. The minimum Gasteiger partial charge on any atom is -0.336 e.